The average molecular weight is 421 g/mol. The highest BCUT2D eigenvalue weighted by atomic mass is 32.1. The summed E-state index contributed by atoms with van der Waals surface area (Å²) in [6, 6.07) is 21.1. The predicted octanol–water partition coefficient (Wildman–Crippen LogP) is 4.61. The Balaban J connectivity index is 1.35. The quantitative estimate of drug-likeness (QED) is 0.579. The van der Waals surface area contributed by atoms with Gasteiger partial charge in [0, 0.05) is 30.9 Å². The minimum absolute atomic E-state index is 0.102. The highest BCUT2D eigenvalue weighted by Gasteiger charge is 2.25. The van der Waals surface area contributed by atoms with Gasteiger partial charge in [0.1, 0.15) is 5.75 Å². The van der Waals surface area contributed by atoms with Gasteiger partial charge in [0.2, 0.25) is 5.91 Å². The lowest BCUT2D eigenvalue weighted by molar-refractivity contribution is -0.121. The molecule has 1 amide bonds. The maximum atomic E-state index is 12.5. The lowest BCUT2D eigenvalue weighted by Crippen LogP contribution is -2.40. The van der Waals surface area contributed by atoms with Crippen LogP contribution in [0.15, 0.2) is 66.0 Å². The molecular formula is C25H28N2O2S. The molecule has 0 unspecified atom stereocenters. The van der Waals surface area contributed by atoms with Crippen molar-refractivity contribution in [2.75, 3.05) is 20.2 Å². The second-order valence-electron chi connectivity index (χ2n) is 7.67. The molecule has 0 saturated heterocycles. The molecule has 1 atom stereocenters. The number of fused-ring (bicyclic) bond motifs is 1. The zero-order chi connectivity index (χ0) is 20.8. The molecule has 1 aromatic heterocycles. The maximum Gasteiger partial charge on any atom is 0.220 e. The highest BCUT2D eigenvalue weighted by molar-refractivity contribution is 7.10. The second kappa shape index (κ2) is 9.92. The molecule has 0 spiro atoms. The molecule has 2 aromatic carbocycles. The first-order chi connectivity index (χ1) is 14.7. The smallest absolute Gasteiger partial charge is 0.220 e. The number of benzene rings is 2. The molecule has 2 heterocycles. The van der Waals surface area contributed by atoms with Gasteiger partial charge in [-0.2, -0.15) is 0 Å². The van der Waals surface area contributed by atoms with E-state index in [9.17, 15) is 4.79 Å². The molecule has 0 aliphatic carbocycles. The van der Waals surface area contributed by atoms with E-state index in [1.54, 1.807) is 18.4 Å². The summed E-state index contributed by atoms with van der Waals surface area (Å²) < 4.78 is 5.19. The van der Waals surface area contributed by atoms with E-state index in [4.69, 9.17) is 4.74 Å². The normalized spacial score (nSPS) is 14.7. The van der Waals surface area contributed by atoms with Crippen molar-refractivity contribution >= 4 is 17.2 Å². The van der Waals surface area contributed by atoms with E-state index in [1.807, 2.05) is 24.3 Å². The van der Waals surface area contributed by atoms with Crippen molar-refractivity contribution in [3.05, 3.63) is 87.6 Å². The van der Waals surface area contributed by atoms with E-state index in [2.05, 4.69) is 52.0 Å². The molecule has 4 rings (SSSR count). The van der Waals surface area contributed by atoms with Gasteiger partial charge in [-0.1, -0.05) is 42.5 Å². The van der Waals surface area contributed by atoms with Gasteiger partial charge >= 0.3 is 0 Å². The molecule has 0 radical (unpaired) electrons. The Hall–Kier alpha value is -2.63. The first-order valence-electron chi connectivity index (χ1n) is 10.5. The van der Waals surface area contributed by atoms with Crippen molar-refractivity contribution in [3.63, 3.8) is 0 Å². The van der Waals surface area contributed by atoms with Crippen molar-refractivity contribution in [1.82, 2.24) is 10.2 Å². The minimum atomic E-state index is 0.102. The van der Waals surface area contributed by atoms with Gasteiger partial charge in [-0.3, -0.25) is 9.69 Å². The number of amides is 1. The predicted molar refractivity (Wildman–Crippen MR) is 122 cm³/mol. The van der Waals surface area contributed by atoms with Crippen molar-refractivity contribution in [2.45, 2.75) is 31.8 Å². The van der Waals surface area contributed by atoms with Crippen LogP contribution in [0.4, 0.5) is 0 Å². The van der Waals surface area contributed by atoms with Crippen LogP contribution in [0.25, 0.3) is 0 Å². The van der Waals surface area contributed by atoms with Gasteiger partial charge in [0.25, 0.3) is 0 Å². The number of hydrogen-bond donors (Lipinski definition) is 1. The van der Waals surface area contributed by atoms with Gasteiger partial charge in [-0.15, -0.1) is 11.3 Å². The van der Waals surface area contributed by atoms with Gasteiger partial charge in [-0.05, 0) is 53.1 Å². The van der Waals surface area contributed by atoms with Crippen molar-refractivity contribution in [1.29, 1.82) is 0 Å². The van der Waals surface area contributed by atoms with Gasteiger partial charge < -0.3 is 10.1 Å². The molecule has 1 N–H and O–H groups in total. The lowest BCUT2D eigenvalue weighted by atomic mass is 9.98. The van der Waals surface area contributed by atoms with Crippen LogP contribution in [0.2, 0.25) is 0 Å². The van der Waals surface area contributed by atoms with E-state index in [1.165, 1.54) is 16.0 Å². The largest absolute Gasteiger partial charge is 0.497 e. The maximum absolute atomic E-state index is 12.5. The summed E-state index contributed by atoms with van der Waals surface area (Å²) in [6.45, 7) is 2.59. The number of ether oxygens (including phenoxy) is 1. The molecule has 0 bridgehead atoms. The van der Waals surface area contributed by atoms with Crippen molar-refractivity contribution < 1.29 is 9.53 Å². The molecule has 5 heteroatoms. The Kier molecular flexibility index (Phi) is 6.82. The van der Waals surface area contributed by atoms with E-state index in [0.29, 0.717) is 13.0 Å². The molecular weight excluding hydrogens is 392 g/mol. The van der Waals surface area contributed by atoms with Crippen LogP contribution in [-0.4, -0.2) is 31.0 Å². The lowest BCUT2D eigenvalue weighted by Gasteiger charge is -2.35. The zero-order valence-electron chi connectivity index (χ0n) is 17.3. The van der Waals surface area contributed by atoms with E-state index < -0.39 is 0 Å². The van der Waals surface area contributed by atoms with E-state index in [0.717, 1.165) is 37.2 Å². The molecule has 3 aromatic rings. The van der Waals surface area contributed by atoms with E-state index in [-0.39, 0.29) is 11.9 Å². The summed E-state index contributed by atoms with van der Waals surface area (Å²) in [5, 5.41) is 5.30. The number of hydrogen-bond acceptors (Lipinski definition) is 4. The topological polar surface area (TPSA) is 41.6 Å². The molecule has 0 fully saturated rings. The third kappa shape index (κ3) is 5.10. The third-order valence-corrected chi connectivity index (χ3v) is 6.74. The number of nitrogens with one attached hydrogen (secondary N) is 1. The number of nitrogens with zero attached hydrogens (tertiary/aromatic N) is 1. The number of carbonyl (C=O) groups excluding carboxylic acids is 1. The SMILES string of the molecule is COc1ccc(CCC(=O)NC[C@H](c2cccs2)N2CCc3ccccc3C2)cc1. The van der Waals surface area contributed by atoms with Gasteiger partial charge in [0.15, 0.2) is 0 Å². The summed E-state index contributed by atoms with van der Waals surface area (Å²) in [5.41, 5.74) is 3.99. The summed E-state index contributed by atoms with van der Waals surface area (Å²) in [6.07, 6.45) is 2.28. The van der Waals surface area contributed by atoms with Crippen LogP contribution in [0.3, 0.4) is 0 Å². The molecule has 1 aliphatic heterocycles. The van der Waals surface area contributed by atoms with Gasteiger partial charge in [-0.25, -0.2) is 0 Å². The Morgan fingerprint density at radius 1 is 1.10 bits per heavy atom. The van der Waals surface area contributed by atoms with Crippen molar-refractivity contribution in [2.24, 2.45) is 0 Å². The molecule has 0 saturated carbocycles. The Labute approximate surface area is 182 Å². The highest BCUT2D eigenvalue weighted by Crippen LogP contribution is 2.30. The fourth-order valence-corrected chi connectivity index (χ4v) is 4.88. The Bertz CT molecular complexity index is 954. The number of rotatable bonds is 8. The van der Waals surface area contributed by atoms with Crippen LogP contribution in [0, 0.1) is 0 Å². The van der Waals surface area contributed by atoms with E-state index >= 15 is 0 Å². The van der Waals surface area contributed by atoms with Crippen molar-refractivity contribution in [3.8, 4) is 5.75 Å². The fourth-order valence-electron chi connectivity index (χ4n) is 4.02. The first kappa shape index (κ1) is 20.6. The average Bonchev–Trinajstić information content (AvgIpc) is 3.32. The monoisotopic (exact) mass is 420 g/mol. The number of thiophene rings is 1. The van der Waals surface area contributed by atoms with Crippen LogP contribution in [0.5, 0.6) is 5.75 Å². The van der Waals surface area contributed by atoms with Gasteiger partial charge in [0.05, 0.1) is 13.2 Å². The summed E-state index contributed by atoms with van der Waals surface area (Å²) >= 11 is 1.77. The molecule has 30 heavy (non-hydrogen) atoms. The summed E-state index contributed by atoms with van der Waals surface area (Å²) in [4.78, 5) is 16.4. The zero-order valence-corrected chi connectivity index (χ0v) is 18.2. The fraction of sp³-hybridized carbons (Fsp3) is 0.320. The minimum Gasteiger partial charge on any atom is -0.497 e. The van der Waals surface area contributed by atoms with Crippen LogP contribution in [-0.2, 0) is 24.2 Å². The number of carbonyl (C=O) groups is 1. The molecule has 1 aliphatic rings. The second-order valence-corrected chi connectivity index (χ2v) is 8.65. The number of methoxy groups -OCH3 is 1. The number of aryl methyl sites for hydroxylation is 1. The molecule has 4 nitrogen and oxygen atoms in total. The molecule has 156 valence electrons. The summed E-state index contributed by atoms with van der Waals surface area (Å²) in [5.74, 6) is 0.940. The summed E-state index contributed by atoms with van der Waals surface area (Å²) in [7, 11) is 1.66. The first-order valence-corrected chi connectivity index (χ1v) is 11.3. The third-order valence-electron chi connectivity index (χ3n) is 5.76. The van der Waals surface area contributed by atoms with Crippen LogP contribution in [0.1, 0.15) is 34.0 Å². The van der Waals surface area contributed by atoms with Crippen LogP contribution >= 0.6 is 11.3 Å². The standard InChI is InChI=1S/C25H28N2O2S/c1-29-22-11-8-19(9-12-22)10-13-25(28)26-17-23(24-7-4-16-30-24)27-15-14-20-5-2-3-6-21(20)18-27/h2-9,11-12,16,23H,10,13-15,17-18H2,1H3,(H,26,28)/t23-/m1/s1. The Morgan fingerprint density at radius 3 is 2.63 bits per heavy atom. The Morgan fingerprint density at radius 2 is 1.90 bits per heavy atom. The van der Waals surface area contributed by atoms with Crippen LogP contribution < -0.4 is 10.1 Å².